The number of amides is 1. The summed E-state index contributed by atoms with van der Waals surface area (Å²) >= 11 is 1.35. The van der Waals surface area contributed by atoms with Crippen LogP contribution in [-0.4, -0.2) is 53.8 Å². The van der Waals surface area contributed by atoms with Crippen LogP contribution in [0.25, 0.3) is 10.9 Å². The quantitative estimate of drug-likeness (QED) is 0.374. The fraction of sp³-hybridized carbons (Fsp3) is 0.348. The number of fused-ring (bicyclic) bond motifs is 1. The zero-order chi connectivity index (χ0) is 22.2. The summed E-state index contributed by atoms with van der Waals surface area (Å²) in [5, 5.41) is 4.85. The largest absolute Gasteiger partial charge is 0.493 e. The number of rotatable bonds is 10. The summed E-state index contributed by atoms with van der Waals surface area (Å²) in [5.74, 6) is 2.41. The Kier molecular flexibility index (Phi) is 7.94. The van der Waals surface area contributed by atoms with Crippen LogP contribution in [0.4, 0.5) is 5.82 Å². The highest BCUT2D eigenvalue weighted by Gasteiger charge is 2.16. The molecule has 0 aliphatic heterocycles. The third-order valence-electron chi connectivity index (χ3n) is 4.81. The minimum Gasteiger partial charge on any atom is -0.493 e. The monoisotopic (exact) mass is 440 g/mol. The van der Waals surface area contributed by atoms with Crippen LogP contribution in [0.15, 0.2) is 47.6 Å². The third kappa shape index (κ3) is 5.58. The second kappa shape index (κ2) is 10.9. The lowest BCUT2D eigenvalue weighted by Gasteiger charge is -2.21. The van der Waals surface area contributed by atoms with Crippen LogP contribution in [0.1, 0.15) is 19.4 Å². The van der Waals surface area contributed by atoms with Gasteiger partial charge in [-0.25, -0.2) is 9.97 Å². The van der Waals surface area contributed by atoms with Gasteiger partial charge in [0.05, 0.1) is 25.5 Å². The number of ether oxygens (including phenoxy) is 2. The summed E-state index contributed by atoms with van der Waals surface area (Å²) in [6.07, 6.45) is 0. The van der Waals surface area contributed by atoms with Gasteiger partial charge in [0, 0.05) is 25.0 Å². The van der Waals surface area contributed by atoms with E-state index >= 15 is 0 Å². The second-order valence-electron chi connectivity index (χ2n) is 6.79. The van der Waals surface area contributed by atoms with Crippen LogP contribution >= 0.6 is 11.8 Å². The molecule has 0 atom stereocenters. The molecule has 8 heteroatoms. The molecule has 0 bridgehead atoms. The average Bonchev–Trinajstić information content (AvgIpc) is 2.81. The molecule has 3 rings (SSSR count). The molecular weight excluding hydrogens is 412 g/mol. The van der Waals surface area contributed by atoms with Crippen LogP contribution in [-0.2, 0) is 11.3 Å². The fourth-order valence-corrected chi connectivity index (χ4v) is 3.97. The Labute approximate surface area is 187 Å². The molecule has 0 aliphatic rings. The molecule has 1 aromatic heterocycles. The van der Waals surface area contributed by atoms with Gasteiger partial charge in [0.15, 0.2) is 16.7 Å². The number of carbonyl (C=O) groups is 1. The van der Waals surface area contributed by atoms with Gasteiger partial charge in [-0.05, 0) is 43.7 Å². The minimum absolute atomic E-state index is 0.0315. The van der Waals surface area contributed by atoms with Crippen molar-refractivity contribution in [3.63, 3.8) is 0 Å². The predicted molar refractivity (Wildman–Crippen MR) is 125 cm³/mol. The maximum Gasteiger partial charge on any atom is 0.233 e. The molecule has 0 unspecified atom stereocenters. The molecule has 0 radical (unpaired) electrons. The van der Waals surface area contributed by atoms with E-state index in [0.29, 0.717) is 29.7 Å². The van der Waals surface area contributed by atoms with Crippen molar-refractivity contribution in [2.75, 3.05) is 38.4 Å². The Morgan fingerprint density at radius 2 is 1.84 bits per heavy atom. The molecule has 1 N–H and O–H groups in total. The molecule has 0 spiro atoms. The number of hydrogen-bond donors (Lipinski definition) is 1. The van der Waals surface area contributed by atoms with E-state index < -0.39 is 0 Å². The molecule has 2 aromatic carbocycles. The molecule has 7 nitrogen and oxygen atoms in total. The maximum absolute atomic E-state index is 12.9. The smallest absolute Gasteiger partial charge is 0.233 e. The first-order valence-electron chi connectivity index (χ1n) is 10.2. The first-order valence-corrected chi connectivity index (χ1v) is 11.2. The van der Waals surface area contributed by atoms with Crippen molar-refractivity contribution < 1.29 is 14.3 Å². The van der Waals surface area contributed by atoms with Crippen molar-refractivity contribution in [3.8, 4) is 11.5 Å². The summed E-state index contributed by atoms with van der Waals surface area (Å²) in [7, 11) is 3.21. The summed E-state index contributed by atoms with van der Waals surface area (Å²) < 4.78 is 10.7. The molecule has 0 fully saturated rings. The SMILES string of the molecule is CCNc1nc(SCC(=O)N(CC)Cc2ccc(OC)c(OC)c2)nc2ccccc12. The Morgan fingerprint density at radius 3 is 2.55 bits per heavy atom. The van der Waals surface area contributed by atoms with Gasteiger partial charge in [0.1, 0.15) is 5.82 Å². The van der Waals surface area contributed by atoms with Crippen LogP contribution in [0.5, 0.6) is 11.5 Å². The van der Waals surface area contributed by atoms with Crippen molar-refractivity contribution in [1.82, 2.24) is 14.9 Å². The topological polar surface area (TPSA) is 76.6 Å². The standard InChI is InChI=1S/C23H28N4O3S/c1-5-24-22-17-9-7-8-10-18(17)25-23(26-22)31-15-21(28)27(6-2)14-16-11-12-19(29-3)20(13-16)30-4/h7-13H,5-6,14-15H2,1-4H3,(H,24,25,26). The first-order chi connectivity index (χ1) is 15.1. The Morgan fingerprint density at radius 1 is 1.06 bits per heavy atom. The first kappa shape index (κ1) is 22.7. The number of nitrogens with zero attached hydrogens (tertiary/aromatic N) is 3. The zero-order valence-electron chi connectivity index (χ0n) is 18.3. The summed E-state index contributed by atoms with van der Waals surface area (Å²) in [6, 6.07) is 13.6. The van der Waals surface area contributed by atoms with Crippen molar-refractivity contribution in [2.45, 2.75) is 25.5 Å². The highest BCUT2D eigenvalue weighted by Crippen LogP contribution is 2.28. The van der Waals surface area contributed by atoms with Crippen molar-refractivity contribution in [3.05, 3.63) is 48.0 Å². The minimum atomic E-state index is 0.0315. The lowest BCUT2D eigenvalue weighted by Crippen LogP contribution is -2.31. The molecule has 0 saturated carbocycles. The van der Waals surface area contributed by atoms with E-state index in [1.54, 1.807) is 19.1 Å². The number of nitrogens with one attached hydrogen (secondary N) is 1. The van der Waals surface area contributed by atoms with Crippen molar-refractivity contribution in [1.29, 1.82) is 0 Å². The fourth-order valence-electron chi connectivity index (χ4n) is 3.22. The van der Waals surface area contributed by atoms with Gasteiger partial charge < -0.3 is 19.7 Å². The zero-order valence-corrected chi connectivity index (χ0v) is 19.2. The van der Waals surface area contributed by atoms with Gasteiger partial charge in [-0.3, -0.25) is 4.79 Å². The molecule has 0 saturated heterocycles. The number of hydrogen-bond acceptors (Lipinski definition) is 7. The molecule has 3 aromatic rings. The molecule has 1 heterocycles. The van der Waals surface area contributed by atoms with Gasteiger partial charge in [0.2, 0.25) is 5.91 Å². The van der Waals surface area contributed by atoms with E-state index in [1.807, 2.05) is 56.3 Å². The normalized spacial score (nSPS) is 10.7. The van der Waals surface area contributed by atoms with Gasteiger partial charge in [-0.2, -0.15) is 0 Å². The number of methoxy groups -OCH3 is 2. The Balaban J connectivity index is 1.70. The van der Waals surface area contributed by atoms with E-state index in [-0.39, 0.29) is 11.7 Å². The van der Waals surface area contributed by atoms with Crippen LogP contribution in [0, 0.1) is 0 Å². The van der Waals surface area contributed by atoms with E-state index in [4.69, 9.17) is 9.47 Å². The van der Waals surface area contributed by atoms with Gasteiger partial charge in [-0.15, -0.1) is 0 Å². The number of carbonyl (C=O) groups excluding carboxylic acids is 1. The lowest BCUT2D eigenvalue weighted by molar-refractivity contribution is -0.128. The van der Waals surface area contributed by atoms with E-state index in [1.165, 1.54) is 11.8 Å². The highest BCUT2D eigenvalue weighted by molar-refractivity contribution is 7.99. The molecular formula is C23H28N4O3S. The van der Waals surface area contributed by atoms with Gasteiger partial charge in [-0.1, -0.05) is 30.0 Å². The molecule has 1 amide bonds. The molecule has 164 valence electrons. The number of benzene rings is 2. The van der Waals surface area contributed by atoms with E-state index in [0.717, 1.165) is 28.8 Å². The van der Waals surface area contributed by atoms with Gasteiger partial charge >= 0.3 is 0 Å². The number of thioether (sulfide) groups is 1. The van der Waals surface area contributed by atoms with Gasteiger partial charge in [0.25, 0.3) is 0 Å². The second-order valence-corrected chi connectivity index (χ2v) is 7.73. The van der Waals surface area contributed by atoms with Crippen LogP contribution in [0.3, 0.4) is 0 Å². The Bertz CT molecular complexity index is 1040. The molecule has 0 aliphatic carbocycles. The summed E-state index contributed by atoms with van der Waals surface area (Å²) in [4.78, 5) is 23.9. The Hall–Kier alpha value is -3.00. The van der Waals surface area contributed by atoms with Crippen molar-refractivity contribution in [2.24, 2.45) is 0 Å². The predicted octanol–water partition coefficient (Wildman–Crippen LogP) is 4.22. The van der Waals surface area contributed by atoms with Crippen LogP contribution < -0.4 is 14.8 Å². The number of anilines is 1. The highest BCUT2D eigenvalue weighted by atomic mass is 32.2. The maximum atomic E-state index is 12.9. The van der Waals surface area contributed by atoms with Crippen molar-refractivity contribution >= 4 is 34.4 Å². The van der Waals surface area contributed by atoms with Crippen LogP contribution in [0.2, 0.25) is 0 Å². The lowest BCUT2D eigenvalue weighted by atomic mass is 10.2. The van der Waals surface area contributed by atoms with E-state index in [2.05, 4.69) is 15.3 Å². The summed E-state index contributed by atoms with van der Waals surface area (Å²) in [5.41, 5.74) is 1.84. The van der Waals surface area contributed by atoms with E-state index in [9.17, 15) is 4.79 Å². The number of aromatic nitrogens is 2. The molecule has 31 heavy (non-hydrogen) atoms. The average molecular weight is 441 g/mol. The summed E-state index contributed by atoms with van der Waals surface area (Å²) in [6.45, 7) is 5.87. The third-order valence-corrected chi connectivity index (χ3v) is 5.64. The number of para-hydroxylation sites is 1.